The van der Waals surface area contributed by atoms with Crippen molar-refractivity contribution in [1.29, 1.82) is 0 Å². The minimum absolute atomic E-state index is 0.219. The molecule has 2 aromatic rings. The predicted octanol–water partition coefficient (Wildman–Crippen LogP) is -0.403. The summed E-state index contributed by atoms with van der Waals surface area (Å²) < 4.78 is 3.39. The third-order valence-corrected chi connectivity index (χ3v) is 2.15. The van der Waals surface area contributed by atoms with Crippen LogP contribution in [0.4, 0.5) is 0 Å². The van der Waals surface area contributed by atoms with Gasteiger partial charge in [0.05, 0.1) is 24.1 Å². The Balaban J connectivity index is 2.33. The van der Waals surface area contributed by atoms with Gasteiger partial charge in [-0.3, -0.25) is 9.36 Å². The number of hydrogen-bond donors (Lipinski definition) is 1. The quantitative estimate of drug-likeness (QED) is 0.702. The normalized spacial score (nSPS) is 13.1. The minimum atomic E-state index is -0.219. The van der Waals surface area contributed by atoms with E-state index in [-0.39, 0.29) is 6.04 Å². The number of aryl methyl sites for hydroxylation is 2. The van der Waals surface area contributed by atoms with E-state index in [9.17, 15) is 0 Å². The molecule has 6 heteroatoms. The van der Waals surface area contributed by atoms with Crippen molar-refractivity contribution in [3.05, 3.63) is 29.8 Å². The Morgan fingerprint density at radius 3 is 2.64 bits per heavy atom. The van der Waals surface area contributed by atoms with Crippen molar-refractivity contribution in [2.75, 3.05) is 0 Å². The van der Waals surface area contributed by atoms with E-state index in [0.717, 1.165) is 11.3 Å². The molecule has 2 rings (SSSR count). The molecule has 1 unspecified atom stereocenters. The molecule has 0 saturated heterocycles. The van der Waals surface area contributed by atoms with Crippen LogP contribution >= 0.6 is 0 Å². The summed E-state index contributed by atoms with van der Waals surface area (Å²) in [6, 6.07) is -0.219. The maximum absolute atomic E-state index is 6.02. The van der Waals surface area contributed by atoms with E-state index in [2.05, 4.69) is 15.4 Å². The molecule has 2 N–H and O–H groups in total. The first-order valence-electron chi connectivity index (χ1n) is 4.27. The molecule has 0 spiro atoms. The van der Waals surface area contributed by atoms with Gasteiger partial charge in [0.1, 0.15) is 0 Å². The van der Waals surface area contributed by atoms with Crippen LogP contribution in [-0.2, 0) is 14.1 Å². The molecule has 0 saturated carbocycles. The van der Waals surface area contributed by atoms with Crippen molar-refractivity contribution in [3.63, 3.8) is 0 Å². The van der Waals surface area contributed by atoms with Gasteiger partial charge in [-0.25, -0.2) is 0 Å². The molecular formula is C8H12N6. The molecule has 2 aromatic heterocycles. The van der Waals surface area contributed by atoms with Gasteiger partial charge < -0.3 is 5.73 Å². The van der Waals surface area contributed by atoms with Crippen molar-refractivity contribution < 1.29 is 0 Å². The third kappa shape index (κ3) is 1.39. The molecule has 0 amide bonds. The highest BCUT2D eigenvalue weighted by molar-refractivity contribution is 5.20. The number of nitrogens with zero attached hydrogens (tertiary/aromatic N) is 5. The average Bonchev–Trinajstić information content (AvgIpc) is 2.73. The highest BCUT2D eigenvalue weighted by Gasteiger charge is 2.14. The molecule has 2 heterocycles. The Hall–Kier alpha value is -1.69. The zero-order valence-electron chi connectivity index (χ0n) is 8.12. The second-order valence-corrected chi connectivity index (χ2v) is 3.21. The van der Waals surface area contributed by atoms with E-state index >= 15 is 0 Å². The molecule has 6 nitrogen and oxygen atoms in total. The van der Waals surface area contributed by atoms with Crippen molar-refractivity contribution in [1.82, 2.24) is 24.8 Å². The van der Waals surface area contributed by atoms with E-state index in [1.54, 1.807) is 21.8 Å². The molecule has 0 fully saturated rings. The molecule has 0 aliphatic carbocycles. The van der Waals surface area contributed by atoms with Gasteiger partial charge in [-0.05, 0) is 0 Å². The van der Waals surface area contributed by atoms with Gasteiger partial charge >= 0.3 is 0 Å². The molecule has 0 aliphatic rings. The van der Waals surface area contributed by atoms with Crippen molar-refractivity contribution in [2.45, 2.75) is 6.04 Å². The van der Waals surface area contributed by atoms with Crippen LogP contribution in [0.15, 0.2) is 18.6 Å². The summed E-state index contributed by atoms with van der Waals surface area (Å²) in [5.74, 6) is 0. The van der Waals surface area contributed by atoms with Crippen LogP contribution in [0, 0.1) is 0 Å². The Labute approximate surface area is 81.3 Å². The second-order valence-electron chi connectivity index (χ2n) is 3.21. The Morgan fingerprint density at radius 2 is 2.14 bits per heavy atom. The van der Waals surface area contributed by atoms with Crippen molar-refractivity contribution in [3.8, 4) is 0 Å². The first kappa shape index (κ1) is 8.89. The number of hydrogen-bond acceptors (Lipinski definition) is 4. The van der Waals surface area contributed by atoms with E-state index in [1.165, 1.54) is 0 Å². The Morgan fingerprint density at radius 1 is 1.36 bits per heavy atom. The van der Waals surface area contributed by atoms with Crippen LogP contribution in [-0.4, -0.2) is 24.8 Å². The van der Waals surface area contributed by atoms with Gasteiger partial charge in [-0.15, -0.1) is 5.10 Å². The van der Waals surface area contributed by atoms with Crippen LogP contribution in [0.5, 0.6) is 0 Å². The maximum atomic E-state index is 6.02. The van der Waals surface area contributed by atoms with Crippen LogP contribution in [0.2, 0.25) is 0 Å². The standard InChI is InChI=1S/C8H12N6/c1-13-5-6(3-11-13)8(9)7-4-10-12-14(7)2/h3-5,8H,9H2,1-2H3. The lowest BCUT2D eigenvalue weighted by Gasteiger charge is -2.07. The molecule has 0 bridgehead atoms. The summed E-state index contributed by atoms with van der Waals surface area (Å²) in [5, 5.41) is 11.7. The topological polar surface area (TPSA) is 74.6 Å². The zero-order chi connectivity index (χ0) is 10.1. The van der Waals surface area contributed by atoms with Crippen molar-refractivity contribution in [2.24, 2.45) is 19.8 Å². The summed E-state index contributed by atoms with van der Waals surface area (Å²) in [6.07, 6.45) is 5.30. The third-order valence-electron chi connectivity index (χ3n) is 2.15. The van der Waals surface area contributed by atoms with E-state index in [1.807, 2.05) is 20.3 Å². The Bertz CT molecular complexity index is 428. The molecule has 1 atom stereocenters. The summed E-state index contributed by atoms with van der Waals surface area (Å²) in [4.78, 5) is 0. The molecule has 0 aromatic carbocycles. The zero-order valence-corrected chi connectivity index (χ0v) is 8.12. The maximum Gasteiger partial charge on any atom is 0.0797 e. The van der Waals surface area contributed by atoms with Crippen LogP contribution in [0.25, 0.3) is 0 Å². The smallest absolute Gasteiger partial charge is 0.0797 e. The van der Waals surface area contributed by atoms with Gasteiger partial charge in [0.25, 0.3) is 0 Å². The van der Waals surface area contributed by atoms with Crippen LogP contribution in [0.1, 0.15) is 17.3 Å². The molecule has 0 radical (unpaired) electrons. The average molecular weight is 192 g/mol. The number of aromatic nitrogens is 5. The van der Waals surface area contributed by atoms with Crippen molar-refractivity contribution >= 4 is 0 Å². The first-order chi connectivity index (χ1) is 6.68. The van der Waals surface area contributed by atoms with Gasteiger partial charge in [0, 0.05) is 25.9 Å². The largest absolute Gasteiger partial charge is 0.319 e. The van der Waals surface area contributed by atoms with Crippen LogP contribution in [0.3, 0.4) is 0 Å². The lowest BCUT2D eigenvalue weighted by molar-refractivity contribution is 0.650. The highest BCUT2D eigenvalue weighted by Crippen LogP contribution is 2.16. The monoisotopic (exact) mass is 192 g/mol. The summed E-state index contributed by atoms with van der Waals surface area (Å²) in [7, 11) is 3.68. The minimum Gasteiger partial charge on any atom is -0.319 e. The Kier molecular flexibility index (Phi) is 2.05. The number of rotatable bonds is 2. The van der Waals surface area contributed by atoms with Gasteiger partial charge in [0.15, 0.2) is 0 Å². The van der Waals surface area contributed by atoms with Gasteiger partial charge in [0.2, 0.25) is 0 Å². The van der Waals surface area contributed by atoms with Gasteiger partial charge in [-0.1, -0.05) is 5.21 Å². The highest BCUT2D eigenvalue weighted by atomic mass is 15.4. The molecule has 14 heavy (non-hydrogen) atoms. The number of nitrogens with two attached hydrogens (primary N) is 1. The molecule has 0 aliphatic heterocycles. The van der Waals surface area contributed by atoms with E-state index in [0.29, 0.717) is 0 Å². The van der Waals surface area contributed by atoms with E-state index < -0.39 is 0 Å². The van der Waals surface area contributed by atoms with E-state index in [4.69, 9.17) is 5.73 Å². The summed E-state index contributed by atoms with van der Waals surface area (Å²) in [6.45, 7) is 0. The first-order valence-corrected chi connectivity index (χ1v) is 4.27. The van der Waals surface area contributed by atoms with Crippen LogP contribution < -0.4 is 5.73 Å². The van der Waals surface area contributed by atoms with Gasteiger partial charge in [-0.2, -0.15) is 5.10 Å². The molecule has 74 valence electrons. The lowest BCUT2D eigenvalue weighted by Crippen LogP contribution is -2.15. The summed E-state index contributed by atoms with van der Waals surface area (Å²) in [5.41, 5.74) is 7.85. The lowest BCUT2D eigenvalue weighted by atomic mass is 10.1. The SMILES string of the molecule is Cn1cc(C(N)c2cnnn2C)cn1. The fourth-order valence-corrected chi connectivity index (χ4v) is 1.35. The molecular weight excluding hydrogens is 180 g/mol. The fourth-order valence-electron chi connectivity index (χ4n) is 1.35. The summed E-state index contributed by atoms with van der Waals surface area (Å²) >= 11 is 0. The predicted molar refractivity (Wildman–Crippen MR) is 50.2 cm³/mol. The second kappa shape index (κ2) is 3.22. The fraction of sp³-hybridized carbons (Fsp3) is 0.375.